The minimum Gasteiger partial charge on any atom is -0.466 e. The molecule has 2 aromatic heterocycles. The second kappa shape index (κ2) is 8.89. The lowest BCUT2D eigenvalue weighted by Crippen LogP contribution is -2.38. The first kappa shape index (κ1) is 21.2. The number of rotatable bonds is 7. The standard InChI is InChI=1S/C19H24N4O5S/c1-4-28-13(25)9-12(24)10-29-17-14-16(22(2)19(27)23(3)18(14)26)20-15(21-17)11-7-5-6-8-11/h11H,4-10H2,1-3H3. The topological polar surface area (TPSA) is 113 Å². The Hall–Kier alpha value is -2.49. The van der Waals surface area contributed by atoms with Crippen molar-refractivity contribution < 1.29 is 14.3 Å². The summed E-state index contributed by atoms with van der Waals surface area (Å²) in [5.74, 6) is -0.146. The van der Waals surface area contributed by atoms with Gasteiger partial charge in [-0.15, -0.1) is 0 Å². The van der Waals surface area contributed by atoms with Crippen LogP contribution in [0.5, 0.6) is 0 Å². The zero-order valence-corrected chi connectivity index (χ0v) is 17.6. The van der Waals surface area contributed by atoms with Crippen LogP contribution >= 0.6 is 11.8 Å². The van der Waals surface area contributed by atoms with Crippen LogP contribution in [0.15, 0.2) is 14.6 Å². The third-order valence-corrected chi connectivity index (χ3v) is 6.06. The second-order valence-corrected chi connectivity index (χ2v) is 8.05. The molecule has 29 heavy (non-hydrogen) atoms. The van der Waals surface area contributed by atoms with Crippen LogP contribution in [0.1, 0.15) is 50.8 Å². The number of esters is 1. The number of ketones is 1. The molecule has 10 heteroatoms. The van der Waals surface area contributed by atoms with E-state index < -0.39 is 17.2 Å². The molecule has 1 aliphatic carbocycles. The molecule has 0 saturated heterocycles. The first-order valence-corrected chi connectivity index (χ1v) is 10.6. The first-order valence-electron chi connectivity index (χ1n) is 9.61. The summed E-state index contributed by atoms with van der Waals surface area (Å²) < 4.78 is 7.14. The highest BCUT2D eigenvalue weighted by Gasteiger charge is 2.24. The van der Waals surface area contributed by atoms with Gasteiger partial charge in [0.05, 0.1) is 12.4 Å². The minimum atomic E-state index is -0.574. The van der Waals surface area contributed by atoms with E-state index in [0.29, 0.717) is 10.9 Å². The van der Waals surface area contributed by atoms with E-state index in [2.05, 4.69) is 9.97 Å². The highest BCUT2D eigenvalue weighted by Crippen LogP contribution is 2.34. The van der Waals surface area contributed by atoms with E-state index in [4.69, 9.17) is 4.74 Å². The Morgan fingerprint density at radius 3 is 2.48 bits per heavy atom. The van der Waals surface area contributed by atoms with Crippen LogP contribution in [0, 0.1) is 0 Å². The number of carbonyl (C=O) groups is 2. The summed E-state index contributed by atoms with van der Waals surface area (Å²) in [6, 6.07) is 0. The normalized spacial score (nSPS) is 14.4. The SMILES string of the molecule is CCOC(=O)CC(=O)CSc1nc(C2CCCC2)nc2c1c(=O)n(C)c(=O)n2C. The fraction of sp³-hybridized carbons (Fsp3) is 0.579. The lowest BCUT2D eigenvalue weighted by Gasteiger charge is -2.14. The molecule has 2 aromatic rings. The van der Waals surface area contributed by atoms with Crippen LogP contribution in [0.3, 0.4) is 0 Å². The highest BCUT2D eigenvalue weighted by molar-refractivity contribution is 8.00. The van der Waals surface area contributed by atoms with Gasteiger partial charge in [0.15, 0.2) is 11.4 Å². The molecule has 1 fully saturated rings. The van der Waals surface area contributed by atoms with E-state index in [1.165, 1.54) is 11.6 Å². The number of thioether (sulfide) groups is 1. The molecule has 0 aromatic carbocycles. The van der Waals surface area contributed by atoms with Crippen molar-refractivity contribution in [2.75, 3.05) is 12.4 Å². The molecule has 1 saturated carbocycles. The van der Waals surface area contributed by atoms with E-state index >= 15 is 0 Å². The zero-order chi connectivity index (χ0) is 21.1. The van der Waals surface area contributed by atoms with Crippen LogP contribution in [0.2, 0.25) is 0 Å². The van der Waals surface area contributed by atoms with Gasteiger partial charge in [-0.2, -0.15) is 0 Å². The Labute approximate surface area is 171 Å². The number of ether oxygens (including phenoxy) is 1. The molecule has 156 valence electrons. The summed E-state index contributed by atoms with van der Waals surface area (Å²) in [6.45, 7) is 1.89. The average Bonchev–Trinajstić information content (AvgIpc) is 3.23. The molecular weight excluding hydrogens is 396 g/mol. The van der Waals surface area contributed by atoms with Crippen molar-refractivity contribution in [3.8, 4) is 0 Å². The van der Waals surface area contributed by atoms with Gasteiger partial charge >= 0.3 is 11.7 Å². The van der Waals surface area contributed by atoms with E-state index in [9.17, 15) is 19.2 Å². The Kier molecular flexibility index (Phi) is 6.51. The fourth-order valence-electron chi connectivity index (χ4n) is 3.49. The third kappa shape index (κ3) is 4.42. The summed E-state index contributed by atoms with van der Waals surface area (Å²) >= 11 is 1.09. The summed E-state index contributed by atoms with van der Waals surface area (Å²) in [7, 11) is 2.96. The molecule has 0 amide bonds. The Morgan fingerprint density at radius 1 is 1.14 bits per heavy atom. The molecule has 0 N–H and O–H groups in total. The van der Waals surface area contributed by atoms with Crippen molar-refractivity contribution >= 4 is 34.5 Å². The molecule has 9 nitrogen and oxygen atoms in total. The van der Waals surface area contributed by atoms with E-state index in [-0.39, 0.29) is 41.5 Å². The molecule has 1 aliphatic rings. The number of carbonyl (C=O) groups excluding carboxylic acids is 2. The van der Waals surface area contributed by atoms with Crippen molar-refractivity contribution in [2.45, 2.75) is 50.0 Å². The zero-order valence-electron chi connectivity index (χ0n) is 16.8. The van der Waals surface area contributed by atoms with Crippen LogP contribution in [-0.2, 0) is 28.4 Å². The maximum Gasteiger partial charge on any atom is 0.332 e. The van der Waals surface area contributed by atoms with Crippen molar-refractivity contribution in [1.29, 1.82) is 0 Å². The molecule has 3 rings (SSSR count). The summed E-state index contributed by atoms with van der Waals surface area (Å²) in [5.41, 5.74) is -0.690. The van der Waals surface area contributed by atoms with Gasteiger partial charge < -0.3 is 4.74 Å². The number of hydrogen-bond donors (Lipinski definition) is 0. The number of hydrogen-bond acceptors (Lipinski definition) is 8. The Balaban J connectivity index is 2.01. The van der Waals surface area contributed by atoms with Gasteiger partial charge in [0.25, 0.3) is 5.56 Å². The summed E-state index contributed by atoms with van der Waals surface area (Å²) in [4.78, 5) is 57.9. The van der Waals surface area contributed by atoms with Crippen LogP contribution in [0.25, 0.3) is 11.0 Å². The lowest BCUT2D eigenvalue weighted by atomic mass is 10.1. The molecule has 2 heterocycles. The number of Topliss-reactive ketones (excluding diaryl/α,β-unsaturated/α-hetero) is 1. The van der Waals surface area contributed by atoms with Gasteiger partial charge in [0, 0.05) is 20.0 Å². The molecule has 0 spiro atoms. The quantitative estimate of drug-likeness (QED) is 0.285. The summed E-state index contributed by atoms with van der Waals surface area (Å²) in [5, 5.41) is 0.579. The molecule has 0 bridgehead atoms. The maximum absolute atomic E-state index is 12.8. The Morgan fingerprint density at radius 2 is 1.83 bits per heavy atom. The molecule has 0 atom stereocenters. The van der Waals surface area contributed by atoms with Gasteiger partial charge in [-0.25, -0.2) is 14.8 Å². The van der Waals surface area contributed by atoms with Gasteiger partial charge in [-0.05, 0) is 19.8 Å². The van der Waals surface area contributed by atoms with Gasteiger partial charge in [-0.3, -0.25) is 23.5 Å². The van der Waals surface area contributed by atoms with Crippen molar-refractivity contribution in [3.05, 3.63) is 26.7 Å². The predicted molar refractivity (Wildman–Crippen MR) is 108 cm³/mol. The number of fused-ring (bicyclic) bond motifs is 1. The van der Waals surface area contributed by atoms with Gasteiger partial charge in [-0.1, -0.05) is 24.6 Å². The van der Waals surface area contributed by atoms with Crippen molar-refractivity contribution in [3.63, 3.8) is 0 Å². The first-order chi connectivity index (χ1) is 13.8. The van der Waals surface area contributed by atoms with Crippen LogP contribution in [0.4, 0.5) is 0 Å². The number of aryl methyl sites for hydroxylation is 1. The monoisotopic (exact) mass is 420 g/mol. The Bertz CT molecular complexity index is 1070. The highest BCUT2D eigenvalue weighted by atomic mass is 32.2. The smallest absolute Gasteiger partial charge is 0.332 e. The maximum atomic E-state index is 12.8. The van der Waals surface area contributed by atoms with Crippen LogP contribution < -0.4 is 11.2 Å². The molecular formula is C19H24N4O5S. The van der Waals surface area contributed by atoms with Crippen LogP contribution in [-0.4, -0.2) is 43.2 Å². The number of aromatic nitrogens is 4. The molecule has 0 radical (unpaired) electrons. The van der Waals surface area contributed by atoms with Crippen molar-refractivity contribution in [2.24, 2.45) is 14.1 Å². The van der Waals surface area contributed by atoms with E-state index in [1.54, 1.807) is 14.0 Å². The minimum absolute atomic E-state index is 0.0268. The van der Waals surface area contributed by atoms with Crippen molar-refractivity contribution in [1.82, 2.24) is 19.1 Å². The van der Waals surface area contributed by atoms with Gasteiger partial charge in [0.2, 0.25) is 0 Å². The molecule has 0 aliphatic heterocycles. The predicted octanol–water partition coefficient (Wildman–Crippen LogP) is 1.30. The second-order valence-electron chi connectivity index (χ2n) is 7.08. The third-order valence-electron chi connectivity index (χ3n) is 5.02. The largest absolute Gasteiger partial charge is 0.466 e. The summed E-state index contributed by atoms with van der Waals surface area (Å²) in [6.07, 6.45) is 3.76. The van der Waals surface area contributed by atoms with E-state index in [0.717, 1.165) is 42.0 Å². The van der Waals surface area contributed by atoms with Gasteiger partial charge in [0.1, 0.15) is 22.7 Å². The fourth-order valence-corrected chi connectivity index (χ4v) is 4.37. The average molecular weight is 420 g/mol. The lowest BCUT2D eigenvalue weighted by molar-refractivity contribution is -0.145. The van der Waals surface area contributed by atoms with E-state index in [1.807, 2.05) is 0 Å². The number of nitrogens with zero attached hydrogens (tertiary/aromatic N) is 4. The molecule has 0 unspecified atom stereocenters.